The summed E-state index contributed by atoms with van der Waals surface area (Å²) in [5.74, 6) is 0.00197. The Labute approximate surface area is 202 Å². The van der Waals surface area contributed by atoms with E-state index in [1.54, 1.807) is 30.3 Å². The van der Waals surface area contributed by atoms with Gasteiger partial charge in [-0.15, -0.1) is 0 Å². The molecule has 0 saturated heterocycles. The van der Waals surface area contributed by atoms with Crippen LogP contribution < -0.4 is 10.1 Å². The molecule has 0 aliphatic carbocycles. The maximum absolute atomic E-state index is 12.7. The molecule has 0 radical (unpaired) electrons. The number of fused-ring (bicyclic) bond motifs is 1. The maximum Gasteiger partial charge on any atom is 0.266 e. The van der Waals surface area contributed by atoms with Gasteiger partial charge in [-0.1, -0.05) is 48.0 Å². The Hall–Kier alpha value is -4.27. The Kier molecular flexibility index (Phi) is 6.82. The lowest BCUT2D eigenvalue weighted by Gasteiger charge is -2.14. The second kappa shape index (κ2) is 10.1. The van der Waals surface area contributed by atoms with Crippen molar-refractivity contribution in [2.24, 2.45) is 0 Å². The van der Waals surface area contributed by atoms with Crippen molar-refractivity contribution in [1.29, 1.82) is 5.26 Å². The highest BCUT2D eigenvalue weighted by molar-refractivity contribution is 6.30. The molecule has 0 spiro atoms. The molecular formula is C28H21ClN2O3. The van der Waals surface area contributed by atoms with Gasteiger partial charge in [-0.3, -0.25) is 4.79 Å². The first-order chi connectivity index (χ1) is 16.4. The van der Waals surface area contributed by atoms with Crippen molar-refractivity contribution in [2.45, 2.75) is 13.5 Å². The molecule has 0 atom stereocenters. The summed E-state index contributed by atoms with van der Waals surface area (Å²) in [5, 5.41) is 24.3. The van der Waals surface area contributed by atoms with Crippen molar-refractivity contribution in [1.82, 2.24) is 0 Å². The number of benzene rings is 4. The highest BCUT2D eigenvalue weighted by Gasteiger charge is 2.13. The largest absolute Gasteiger partial charge is 0.508 e. The van der Waals surface area contributed by atoms with Gasteiger partial charge in [0, 0.05) is 21.8 Å². The first kappa shape index (κ1) is 22.9. The molecule has 0 unspecified atom stereocenters. The van der Waals surface area contributed by atoms with E-state index in [0.29, 0.717) is 28.6 Å². The first-order valence-corrected chi connectivity index (χ1v) is 10.9. The van der Waals surface area contributed by atoms with E-state index in [1.807, 2.05) is 25.1 Å². The molecule has 0 aliphatic heterocycles. The van der Waals surface area contributed by atoms with Gasteiger partial charge in [-0.2, -0.15) is 5.26 Å². The lowest BCUT2D eigenvalue weighted by atomic mass is 10.0. The van der Waals surface area contributed by atoms with Gasteiger partial charge >= 0.3 is 0 Å². The zero-order valence-corrected chi connectivity index (χ0v) is 19.1. The number of hydrogen-bond acceptors (Lipinski definition) is 4. The minimum atomic E-state index is -0.580. The highest BCUT2D eigenvalue weighted by atomic mass is 35.5. The van der Waals surface area contributed by atoms with E-state index in [1.165, 1.54) is 18.2 Å². The van der Waals surface area contributed by atoms with Crippen LogP contribution in [0.3, 0.4) is 0 Å². The predicted octanol–water partition coefficient (Wildman–Crippen LogP) is 6.63. The van der Waals surface area contributed by atoms with Crippen LogP contribution in [-0.2, 0) is 11.4 Å². The van der Waals surface area contributed by atoms with Crippen LogP contribution in [0.4, 0.5) is 5.69 Å². The Morgan fingerprint density at radius 3 is 2.62 bits per heavy atom. The number of nitrogens with zero attached hydrogens (tertiary/aromatic N) is 1. The number of aryl methyl sites for hydroxylation is 1. The lowest BCUT2D eigenvalue weighted by Crippen LogP contribution is -2.13. The number of anilines is 1. The number of carbonyl (C=O) groups excluding carboxylic acids is 1. The van der Waals surface area contributed by atoms with Crippen LogP contribution in [0.15, 0.2) is 84.4 Å². The summed E-state index contributed by atoms with van der Waals surface area (Å²) in [7, 11) is 0. The zero-order valence-electron chi connectivity index (χ0n) is 18.4. The van der Waals surface area contributed by atoms with E-state index in [9.17, 15) is 15.2 Å². The summed E-state index contributed by atoms with van der Waals surface area (Å²) < 4.78 is 6.15. The number of phenolic OH excluding ortho intramolecular Hbond substituents is 1. The van der Waals surface area contributed by atoms with Crippen LogP contribution in [-0.4, -0.2) is 11.0 Å². The smallest absolute Gasteiger partial charge is 0.266 e. The molecule has 0 saturated carbocycles. The predicted molar refractivity (Wildman–Crippen MR) is 135 cm³/mol. The third-order valence-corrected chi connectivity index (χ3v) is 5.64. The van der Waals surface area contributed by atoms with Crippen LogP contribution in [0.2, 0.25) is 5.02 Å². The SMILES string of the molecule is Cc1ccc2ccccc2c1COc1ccc(Cl)cc1/C=C(\C#N)C(=O)Nc1ccc(O)cc1. The number of carbonyl (C=O) groups is 1. The maximum atomic E-state index is 12.7. The minimum Gasteiger partial charge on any atom is -0.508 e. The van der Waals surface area contributed by atoms with Crippen LogP contribution >= 0.6 is 11.6 Å². The molecule has 4 rings (SSSR count). The van der Waals surface area contributed by atoms with Crippen molar-refractivity contribution < 1.29 is 14.6 Å². The number of aromatic hydroxyl groups is 1. The van der Waals surface area contributed by atoms with Crippen molar-refractivity contribution >= 4 is 40.0 Å². The van der Waals surface area contributed by atoms with Crippen molar-refractivity contribution in [3.8, 4) is 17.6 Å². The van der Waals surface area contributed by atoms with Gasteiger partial charge in [0.2, 0.25) is 0 Å². The van der Waals surface area contributed by atoms with E-state index >= 15 is 0 Å². The highest BCUT2D eigenvalue weighted by Crippen LogP contribution is 2.29. The number of phenols is 1. The molecule has 6 heteroatoms. The van der Waals surface area contributed by atoms with Crippen molar-refractivity contribution in [3.63, 3.8) is 0 Å². The standard InChI is InChI=1S/C28H21ClN2O3/c1-18-6-7-19-4-2-3-5-25(19)26(18)17-34-27-13-8-22(29)15-20(27)14-21(16-30)28(33)31-23-9-11-24(32)12-10-23/h2-15,32H,17H2,1H3,(H,31,33)/b21-14+. The second-order valence-corrected chi connectivity index (χ2v) is 8.16. The van der Waals surface area contributed by atoms with Gasteiger partial charge in [-0.05, 0) is 71.8 Å². The molecular weight excluding hydrogens is 448 g/mol. The van der Waals surface area contributed by atoms with Crippen LogP contribution in [0.5, 0.6) is 11.5 Å². The lowest BCUT2D eigenvalue weighted by molar-refractivity contribution is -0.112. The summed E-state index contributed by atoms with van der Waals surface area (Å²) >= 11 is 6.20. The quantitative estimate of drug-likeness (QED) is 0.189. The third kappa shape index (κ3) is 5.20. The van der Waals surface area contributed by atoms with E-state index in [0.717, 1.165) is 21.9 Å². The van der Waals surface area contributed by atoms with Gasteiger partial charge < -0.3 is 15.2 Å². The van der Waals surface area contributed by atoms with Gasteiger partial charge in [0.1, 0.15) is 29.7 Å². The van der Waals surface area contributed by atoms with E-state index in [4.69, 9.17) is 16.3 Å². The number of halogens is 1. The Balaban J connectivity index is 1.61. The molecule has 0 aliphatic rings. The molecule has 0 aromatic heterocycles. The molecule has 0 bridgehead atoms. The van der Waals surface area contributed by atoms with E-state index in [2.05, 4.69) is 29.6 Å². The van der Waals surface area contributed by atoms with Gasteiger partial charge in [0.05, 0.1) is 0 Å². The zero-order chi connectivity index (χ0) is 24.1. The summed E-state index contributed by atoms with van der Waals surface area (Å²) in [6, 6.07) is 25.2. The fourth-order valence-corrected chi connectivity index (χ4v) is 3.78. The van der Waals surface area contributed by atoms with Crippen LogP contribution in [0, 0.1) is 18.3 Å². The van der Waals surface area contributed by atoms with Gasteiger partial charge in [0.15, 0.2) is 0 Å². The van der Waals surface area contributed by atoms with Gasteiger partial charge in [0.25, 0.3) is 5.91 Å². The molecule has 0 heterocycles. The normalized spacial score (nSPS) is 11.1. The Bertz CT molecular complexity index is 1440. The molecule has 4 aromatic carbocycles. The monoisotopic (exact) mass is 468 g/mol. The van der Waals surface area contributed by atoms with Crippen molar-refractivity contribution in [2.75, 3.05) is 5.32 Å². The summed E-state index contributed by atoms with van der Waals surface area (Å²) in [6.45, 7) is 2.35. The van der Waals surface area contributed by atoms with Crippen LogP contribution in [0.25, 0.3) is 16.8 Å². The number of ether oxygens (including phenoxy) is 1. The topological polar surface area (TPSA) is 82.3 Å². The fourth-order valence-electron chi connectivity index (χ4n) is 3.60. The second-order valence-electron chi connectivity index (χ2n) is 7.72. The first-order valence-electron chi connectivity index (χ1n) is 10.6. The molecule has 4 aromatic rings. The number of hydrogen-bond donors (Lipinski definition) is 2. The Morgan fingerprint density at radius 1 is 1.09 bits per heavy atom. The molecule has 34 heavy (non-hydrogen) atoms. The average molecular weight is 469 g/mol. The molecule has 5 nitrogen and oxygen atoms in total. The van der Waals surface area contributed by atoms with E-state index < -0.39 is 5.91 Å². The van der Waals surface area contributed by atoms with Crippen molar-refractivity contribution in [3.05, 3.63) is 106 Å². The molecule has 1 amide bonds. The third-order valence-electron chi connectivity index (χ3n) is 5.41. The molecule has 168 valence electrons. The number of amides is 1. The molecule has 2 N–H and O–H groups in total. The van der Waals surface area contributed by atoms with Crippen LogP contribution in [0.1, 0.15) is 16.7 Å². The minimum absolute atomic E-state index is 0.0798. The number of rotatable bonds is 6. The fraction of sp³-hybridized carbons (Fsp3) is 0.0714. The van der Waals surface area contributed by atoms with Gasteiger partial charge in [-0.25, -0.2) is 0 Å². The summed E-state index contributed by atoms with van der Waals surface area (Å²) in [4.78, 5) is 12.7. The molecule has 0 fully saturated rings. The number of nitriles is 1. The Morgan fingerprint density at radius 2 is 1.85 bits per heavy atom. The van der Waals surface area contributed by atoms with E-state index in [-0.39, 0.29) is 11.3 Å². The average Bonchev–Trinajstić information content (AvgIpc) is 2.84. The summed E-state index contributed by atoms with van der Waals surface area (Å²) in [5.41, 5.74) is 3.03. The number of nitrogens with one attached hydrogen (secondary N) is 1. The summed E-state index contributed by atoms with van der Waals surface area (Å²) in [6.07, 6.45) is 1.45.